The van der Waals surface area contributed by atoms with Gasteiger partial charge in [0.25, 0.3) is 0 Å². The minimum atomic E-state index is -0.364. The van der Waals surface area contributed by atoms with Gasteiger partial charge in [-0.15, -0.1) is 0 Å². The highest BCUT2D eigenvalue weighted by molar-refractivity contribution is 5.79. The number of ether oxygens (including phenoxy) is 12. The highest BCUT2D eigenvalue weighted by Gasteiger charge is 2.29. The lowest BCUT2D eigenvalue weighted by Crippen LogP contribution is -2.32. The summed E-state index contributed by atoms with van der Waals surface area (Å²) < 4.78 is 66.3. The molecule has 1 aliphatic rings. The van der Waals surface area contributed by atoms with Gasteiger partial charge < -0.3 is 66.6 Å². The summed E-state index contributed by atoms with van der Waals surface area (Å²) in [6.07, 6.45) is -0.364. The number of fused-ring (bicyclic) bond motifs is 3. The number of carbonyl (C=O) groups is 1. The number of likely N-dealkylation sites (N-methyl/N-ethyl adjacent to an activating group) is 2. The van der Waals surface area contributed by atoms with E-state index in [1.54, 1.807) is 7.05 Å². The molecule has 0 spiro atoms. The summed E-state index contributed by atoms with van der Waals surface area (Å²) in [5.41, 5.74) is 4.80. The van der Waals surface area contributed by atoms with Crippen molar-refractivity contribution in [2.24, 2.45) is 0 Å². The summed E-state index contributed by atoms with van der Waals surface area (Å²) in [4.78, 5) is 16.2. The fourth-order valence-electron chi connectivity index (χ4n) is 5.55. The fourth-order valence-corrected chi connectivity index (χ4v) is 5.55. The molecule has 0 unspecified atom stereocenters. The van der Waals surface area contributed by atoms with Gasteiger partial charge in [-0.05, 0) is 36.3 Å². The topological polar surface area (TPSA) is 134 Å². The van der Waals surface area contributed by atoms with Crippen LogP contribution in [0.4, 0.5) is 4.79 Å². The van der Waals surface area contributed by atoms with E-state index in [0.29, 0.717) is 159 Å². The molecule has 0 aliphatic heterocycles. The SMILES string of the molecule is CN(C)CCOCCOCCOCCOCCOCCOCCOCCOCCOCCOCCOCCN(C)C(=O)OCC1c2ccccc2-c2ccccc21. The van der Waals surface area contributed by atoms with Crippen molar-refractivity contribution < 1.29 is 61.6 Å². The van der Waals surface area contributed by atoms with Gasteiger partial charge in [-0.1, -0.05) is 48.5 Å². The van der Waals surface area contributed by atoms with Crippen LogP contribution in [0.3, 0.4) is 0 Å². The number of benzene rings is 2. The maximum Gasteiger partial charge on any atom is 0.409 e. The predicted octanol–water partition coefficient (Wildman–Crippen LogP) is 3.61. The van der Waals surface area contributed by atoms with Gasteiger partial charge in [0.2, 0.25) is 0 Å². The molecule has 0 bridgehead atoms. The molecule has 324 valence electrons. The number of hydrogen-bond acceptors (Lipinski definition) is 14. The average molecular weight is 809 g/mol. The zero-order chi connectivity index (χ0) is 40.4. The van der Waals surface area contributed by atoms with E-state index in [-0.39, 0.29) is 12.0 Å². The molecule has 15 nitrogen and oxygen atoms in total. The number of hydrogen-bond donors (Lipinski definition) is 0. The Kier molecular flexibility index (Phi) is 28.2. The zero-order valence-corrected chi connectivity index (χ0v) is 34.6. The second-order valence-corrected chi connectivity index (χ2v) is 13.3. The standard InChI is InChI=1S/C42H68N2O13/c1-43(2)12-14-46-16-18-48-20-22-50-24-26-52-28-30-54-32-34-56-35-33-55-31-29-53-27-25-51-23-21-49-19-17-47-15-13-44(3)42(45)57-36-41-39-10-6-4-8-37(39)38-9-5-7-11-40(38)41/h4-11,41H,12-36H2,1-3H3. The van der Waals surface area contributed by atoms with E-state index in [2.05, 4.69) is 29.2 Å². The third-order valence-corrected chi connectivity index (χ3v) is 8.62. The summed E-state index contributed by atoms with van der Waals surface area (Å²) in [5, 5.41) is 0. The Bertz CT molecular complexity index is 1230. The molecule has 1 amide bonds. The Labute approximate surface area is 339 Å². The van der Waals surface area contributed by atoms with Crippen molar-refractivity contribution >= 4 is 6.09 Å². The van der Waals surface area contributed by atoms with Gasteiger partial charge in [0.05, 0.1) is 145 Å². The van der Waals surface area contributed by atoms with Crippen molar-refractivity contribution in [3.63, 3.8) is 0 Å². The summed E-state index contributed by atoms with van der Waals surface area (Å²) >= 11 is 0. The van der Waals surface area contributed by atoms with Crippen LogP contribution in [0, 0.1) is 0 Å². The third kappa shape index (κ3) is 22.8. The van der Waals surface area contributed by atoms with Gasteiger partial charge in [-0.25, -0.2) is 4.79 Å². The first kappa shape index (κ1) is 48.6. The first-order chi connectivity index (χ1) is 28.1. The Balaban J connectivity index is 0.957. The van der Waals surface area contributed by atoms with Gasteiger partial charge in [0, 0.05) is 26.1 Å². The predicted molar refractivity (Wildman–Crippen MR) is 215 cm³/mol. The lowest BCUT2D eigenvalue weighted by atomic mass is 9.98. The molecular weight excluding hydrogens is 740 g/mol. The molecule has 0 N–H and O–H groups in total. The van der Waals surface area contributed by atoms with Gasteiger partial charge in [0.15, 0.2) is 0 Å². The molecule has 0 atom stereocenters. The normalized spacial score (nSPS) is 12.4. The molecule has 0 aromatic heterocycles. The van der Waals surface area contributed by atoms with E-state index >= 15 is 0 Å². The minimum absolute atomic E-state index is 0.0381. The van der Waals surface area contributed by atoms with Crippen molar-refractivity contribution in [2.45, 2.75) is 5.92 Å². The van der Waals surface area contributed by atoms with Crippen LogP contribution in [-0.2, 0) is 56.8 Å². The van der Waals surface area contributed by atoms with Crippen LogP contribution in [0.2, 0.25) is 0 Å². The minimum Gasteiger partial charge on any atom is -0.448 e. The van der Waals surface area contributed by atoms with Crippen LogP contribution in [-0.4, -0.2) is 202 Å². The number of carbonyl (C=O) groups excluding carboxylic acids is 1. The molecule has 0 saturated carbocycles. The van der Waals surface area contributed by atoms with Crippen molar-refractivity contribution in [2.75, 3.05) is 186 Å². The molecule has 1 aliphatic carbocycles. The van der Waals surface area contributed by atoms with Crippen molar-refractivity contribution in [1.82, 2.24) is 9.80 Å². The molecule has 0 fully saturated rings. The lowest BCUT2D eigenvalue weighted by Gasteiger charge is -2.19. The number of amides is 1. The van der Waals surface area contributed by atoms with E-state index in [1.807, 2.05) is 38.4 Å². The number of rotatable bonds is 38. The molecule has 3 rings (SSSR count). The average Bonchev–Trinajstić information content (AvgIpc) is 3.54. The van der Waals surface area contributed by atoms with E-state index < -0.39 is 0 Å². The van der Waals surface area contributed by atoms with Crippen LogP contribution in [0.1, 0.15) is 17.0 Å². The highest BCUT2D eigenvalue weighted by Crippen LogP contribution is 2.44. The summed E-state index contributed by atoms with van der Waals surface area (Å²) in [6, 6.07) is 16.6. The maximum absolute atomic E-state index is 12.6. The third-order valence-electron chi connectivity index (χ3n) is 8.62. The van der Waals surface area contributed by atoms with Crippen molar-refractivity contribution in [1.29, 1.82) is 0 Å². The van der Waals surface area contributed by atoms with Crippen LogP contribution in [0.5, 0.6) is 0 Å². The Morgan fingerprint density at radius 2 is 0.702 bits per heavy atom. The second-order valence-electron chi connectivity index (χ2n) is 13.3. The van der Waals surface area contributed by atoms with E-state index in [0.717, 1.165) is 6.54 Å². The van der Waals surface area contributed by atoms with Crippen LogP contribution in [0.15, 0.2) is 48.5 Å². The fraction of sp³-hybridized carbons (Fsp3) is 0.690. The second kappa shape index (κ2) is 33.1. The maximum atomic E-state index is 12.6. The van der Waals surface area contributed by atoms with E-state index in [4.69, 9.17) is 56.8 Å². The molecule has 0 radical (unpaired) electrons. The molecule has 0 heterocycles. The van der Waals surface area contributed by atoms with Gasteiger partial charge in [-0.3, -0.25) is 0 Å². The smallest absolute Gasteiger partial charge is 0.409 e. The Morgan fingerprint density at radius 1 is 0.421 bits per heavy atom. The summed E-state index contributed by atoms with van der Waals surface area (Å²) in [6.45, 7) is 12.8. The van der Waals surface area contributed by atoms with Crippen LogP contribution in [0.25, 0.3) is 11.1 Å². The molecular formula is C42H68N2O13. The van der Waals surface area contributed by atoms with Gasteiger partial charge in [0.1, 0.15) is 6.61 Å². The summed E-state index contributed by atoms with van der Waals surface area (Å²) in [7, 11) is 5.75. The quantitative estimate of drug-likeness (QED) is 0.0915. The monoisotopic (exact) mass is 808 g/mol. The lowest BCUT2D eigenvalue weighted by molar-refractivity contribution is -0.0277. The van der Waals surface area contributed by atoms with E-state index in [1.165, 1.54) is 27.2 Å². The largest absolute Gasteiger partial charge is 0.448 e. The highest BCUT2D eigenvalue weighted by atomic mass is 16.6. The Hall–Kier alpha value is -2.77. The summed E-state index contributed by atoms with van der Waals surface area (Å²) in [5.74, 6) is 0.0381. The first-order valence-electron chi connectivity index (χ1n) is 20.1. The van der Waals surface area contributed by atoms with Crippen molar-refractivity contribution in [3.8, 4) is 11.1 Å². The number of nitrogens with zero attached hydrogens (tertiary/aromatic N) is 2. The van der Waals surface area contributed by atoms with E-state index in [9.17, 15) is 4.79 Å². The zero-order valence-electron chi connectivity index (χ0n) is 34.6. The molecule has 0 saturated heterocycles. The van der Waals surface area contributed by atoms with Gasteiger partial charge >= 0.3 is 6.09 Å². The van der Waals surface area contributed by atoms with Gasteiger partial charge in [-0.2, -0.15) is 0 Å². The first-order valence-corrected chi connectivity index (χ1v) is 20.1. The molecule has 15 heteroatoms. The molecule has 2 aromatic carbocycles. The Morgan fingerprint density at radius 3 is 1.02 bits per heavy atom. The molecule has 2 aromatic rings. The van der Waals surface area contributed by atoms with Crippen molar-refractivity contribution in [3.05, 3.63) is 59.7 Å². The van der Waals surface area contributed by atoms with Crippen LogP contribution >= 0.6 is 0 Å². The van der Waals surface area contributed by atoms with Crippen LogP contribution < -0.4 is 0 Å². The molecule has 57 heavy (non-hydrogen) atoms.